The van der Waals surface area contributed by atoms with Gasteiger partial charge in [-0.15, -0.1) is 0 Å². The van der Waals surface area contributed by atoms with Crippen LogP contribution >= 0.6 is 0 Å². The molecular formula is C12H14. The summed E-state index contributed by atoms with van der Waals surface area (Å²) in [6.45, 7) is 4.38. The molecule has 2 aliphatic rings. The molecule has 0 nitrogen and oxygen atoms in total. The SMILES string of the molecule is CC1=CC2C=CC=CC2C=C1C. The highest BCUT2D eigenvalue weighted by Crippen LogP contribution is 2.31. The van der Waals surface area contributed by atoms with Gasteiger partial charge in [0.15, 0.2) is 0 Å². The molecule has 0 spiro atoms. The van der Waals surface area contributed by atoms with Crippen molar-refractivity contribution in [1.82, 2.24) is 0 Å². The van der Waals surface area contributed by atoms with Crippen molar-refractivity contribution < 1.29 is 0 Å². The van der Waals surface area contributed by atoms with Crippen molar-refractivity contribution in [2.24, 2.45) is 11.8 Å². The van der Waals surface area contributed by atoms with Gasteiger partial charge in [0.25, 0.3) is 0 Å². The molecule has 2 aliphatic carbocycles. The van der Waals surface area contributed by atoms with Crippen molar-refractivity contribution in [3.05, 3.63) is 47.6 Å². The Morgan fingerprint density at radius 1 is 0.833 bits per heavy atom. The average molecular weight is 158 g/mol. The Balaban J connectivity index is 2.33. The van der Waals surface area contributed by atoms with Crippen LogP contribution in [0.15, 0.2) is 47.6 Å². The first kappa shape index (κ1) is 7.60. The van der Waals surface area contributed by atoms with Gasteiger partial charge in [-0.1, -0.05) is 47.6 Å². The molecule has 0 heteroatoms. The molecule has 0 fully saturated rings. The van der Waals surface area contributed by atoms with Gasteiger partial charge in [-0.3, -0.25) is 0 Å². The molecule has 0 saturated carbocycles. The van der Waals surface area contributed by atoms with Crippen LogP contribution in [-0.4, -0.2) is 0 Å². The molecular weight excluding hydrogens is 144 g/mol. The largest absolute Gasteiger partial charge is 0.0767 e. The van der Waals surface area contributed by atoms with Gasteiger partial charge in [-0.2, -0.15) is 0 Å². The van der Waals surface area contributed by atoms with Crippen molar-refractivity contribution in [2.75, 3.05) is 0 Å². The molecule has 2 rings (SSSR count). The van der Waals surface area contributed by atoms with E-state index in [1.54, 1.807) is 0 Å². The fraction of sp³-hybridized carbons (Fsp3) is 0.333. The van der Waals surface area contributed by atoms with Gasteiger partial charge in [0.2, 0.25) is 0 Å². The lowest BCUT2D eigenvalue weighted by atomic mass is 9.81. The molecule has 0 amide bonds. The Bertz CT molecular complexity index is 268. The first-order chi connectivity index (χ1) is 5.77. The van der Waals surface area contributed by atoms with Crippen LogP contribution in [0.5, 0.6) is 0 Å². The molecule has 0 aromatic rings. The van der Waals surface area contributed by atoms with E-state index >= 15 is 0 Å². The maximum Gasteiger partial charge on any atom is 0.00534 e. The molecule has 0 aromatic carbocycles. The minimum atomic E-state index is 0.610. The van der Waals surface area contributed by atoms with Crippen LogP contribution in [0.3, 0.4) is 0 Å². The van der Waals surface area contributed by atoms with E-state index in [1.165, 1.54) is 11.1 Å². The molecule has 0 heterocycles. The summed E-state index contributed by atoms with van der Waals surface area (Å²) in [4.78, 5) is 0. The summed E-state index contributed by atoms with van der Waals surface area (Å²) in [5, 5.41) is 0. The summed E-state index contributed by atoms with van der Waals surface area (Å²) in [5.74, 6) is 1.22. The van der Waals surface area contributed by atoms with Gasteiger partial charge >= 0.3 is 0 Å². The van der Waals surface area contributed by atoms with E-state index in [-0.39, 0.29) is 0 Å². The monoisotopic (exact) mass is 158 g/mol. The molecule has 2 atom stereocenters. The molecule has 12 heavy (non-hydrogen) atoms. The number of fused-ring (bicyclic) bond motifs is 1. The van der Waals surface area contributed by atoms with Crippen molar-refractivity contribution in [1.29, 1.82) is 0 Å². The van der Waals surface area contributed by atoms with Crippen LogP contribution in [0.1, 0.15) is 13.8 Å². The molecule has 0 radical (unpaired) electrons. The zero-order valence-corrected chi connectivity index (χ0v) is 7.62. The first-order valence-corrected chi connectivity index (χ1v) is 4.49. The van der Waals surface area contributed by atoms with Gasteiger partial charge in [0, 0.05) is 11.8 Å². The summed E-state index contributed by atoms with van der Waals surface area (Å²) in [7, 11) is 0. The molecule has 0 N–H and O–H groups in total. The summed E-state index contributed by atoms with van der Waals surface area (Å²) in [6.07, 6.45) is 13.5. The Hall–Kier alpha value is -1.04. The highest BCUT2D eigenvalue weighted by Gasteiger charge is 2.18. The Morgan fingerprint density at radius 2 is 1.25 bits per heavy atom. The molecule has 0 bridgehead atoms. The van der Waals surface area contributed by atoms with Crippen molar-refractivity contribution in [3.63, 3.8) is 0 Å². The molecule has 0 saturated heterocycles. The van der Waals surface area contributed by atoms with Crippen LogP contribution in [0, 0.1) is 11.8 Å². The van der Waals surface area contributed by atoms with E-state index in [1.807, 2.05) is 0 Å². The summed E-state index contributed by atoms with van der Waals surface area (Å²) in [6, 6.07) is 0. The Kier molecular flexibility index (Phi) is 1.76. The second-order valence-corrected chi connectivity index (χ2v) is 3.62. The van der Waals surface area contributed by atoms with Gasteiger partial charge < -0.3 is 0 Å². The number of hydrogen-bond acceptors (Lipinski definition) is 0. The predicted octanol–water partition coefficient (Wildman–Crippen LogP) is 3.25. The highest BCUT2D eigenvalue weighted by molar-refractivity contribution is 5.38. The molecule has 2 unspecified atom stereocenters. The van der Waals surface area contributed by atoms with Crippen molar-refractivity contribution in [2.45, 2.75) is 13.8 Å². The van der Waals surface area contributed by atoms with E-state index < -0.39 is 0 Å². The standard InChI is InChI=1S/C12H14/c1-9-7-11-5-3-4-6-12(11)8-10(9)2/h3-8,11-12H,1-2H3. The maximum atomic E-state index is 2.36. The van der Waals surface area contributed by atoms with E-state index in [4.69, 9.17) is 0 Å². The van der Waals surface area contributed by atoms with Crippen LogP contribution < -0.4 is 0 Å². The Morgan fingerprint density at radius 3 is 1.67 bits per heavy atom. The summed E-state index contributed by atoms with van der Waals surface area (Å²) >= 11 is 0. The summed E-state index contributed by atoms with van der Waals surface area (Å²) < 4.78 is 0. The van der Waals surface area contributed by atoms with E-state index in [2.05, 4.69) is 50.3 Å². The number of hydrogen-bond donors (Lipinski definition) is 0. The molecule has 62 valence electrons. The lowest BCUT2D eigenvalue weighted by Crippen LogP contribution is -2.12. The molecule has 0 aliphatic heterocycles. The van der Waals surface area contributed by atoms with Gasteiger partial charge in [-0.25, -0.2) is 0 Å². The second-order valence-electron chi connectivity index (χ2n) is 3.62. The fourth-order valence-corrected chi connectivity index (χ4v) is 1.82. The third kappa shape index (κ3) is 1.18. The number of allylic oxidation sites excluding steroid dienone is 8. The molecule has 0 aromatic heterocycles. The van der Waals surface area contributed by atoms with Gasteiger partial charge in [0.1, 0.15) is 0 Å². The van der Waals surface area contributed by atoms with Crippen molar-refractivity contribution >= 4 is 0 Å². The lowest BCUT2D eigenvalue weighted by molar-refractivity contribution is 0.648. The fourth-order valence-electron chi connectivity index (χ4n) is 1.82. The second kappa shape index (κ2) is 2.78. The third-order valence-corrected chi connectivity index (χ3v) is 2.73. The van der Waals surface area contributed by atoms with Crippen LogP contribution in [0.4, 0.5) is 0 Å². The highest BCUT2D eigenvalue weighted by atomic mass is 14.2. The van der Waals surface area contributed by atoms with Crippen LogP contribution in [0.25, 0.3) is 0 Å². The van der Waals surface area contributed by atoms with E-state index in [9.17, 15) is 0 Å². The smallest absolute Gasteiger partial charge is 0.00534 e. The van der Waals surface area contributed by atoms with Crippen LogP contribution in [-0.2, 0) is 0 Å². The minimum Gasteiger partial charge on any atom is -0.0767 e. The Labute approximate surface area is 74.0 Å². The quantitative estimate of drug-likeness (QED) is 0.507. The zero-order chi connectivity index (χ0) is 8.55. The minimum absolute atomic E-state index is 0.610. The van der Waals surface area contributed by atoms with Crippen molar-refractivity contribution in [3.8, 4) is 0 Å². The first-order valence-electron chi connectivity index (χ1n) is 4.49. The van der Waals surface area contributed by atoms with Gasteiger partial charge in [0.05, 0.1) is 0 Å². The maximum absolute atomic E-state index is 2.36. The van der Waals surface area contributed by atoms with Gasteiger partial charge in [-0.05, 0) is 13.8 Å². The lowest BCUT2D eigenvalue weighted by Gasteiger charge is -2.24. The zero-order valence-electron chi connectivity index (χ0n) is 7.62. The van der Waals surface area contributed by atoms with E-state index in [0.29, 0.717) is 11.8 Å². The van der Waals surface area contributed by atoms with E-state index in [0.717, 1.165) is 0 Å². The third-order valence-electron chi connectivity index (χ3n) is 2.73. The summed E-state index contributed by atoms with van der Waals surface area (Å²) in [5.41, 5.74) is 2.85. The predicted molar refractivity (Wildman–Crippen MR) is 52.8 cm³/mol. The van der Waals surface area contributed by atoms with Crippen LogP contribution in [0.2, 0.25) is 0 Å². The topological polar surface area (TPSA) is 0 Å². The normalized spacial score (nSPS) is 32.5. The average Bonchev–Trinajstić information content (AvgIpc) is 2.07. The number of rotatable bonds is 0.